The number of aryl methyl sites for hydroxylation is 1. The van der Waals surface area contributed by atoms with Crippen LogP contribution in [0.15, 0.2) is 30.3 Å². The fraction of sp³-hybridized carbons (Fsp3) is 0.409. The number of aromatic nitrogens is 2. The summed E-state index contributed by atoms with van der Waals surface area (Å²) in [7, 11) is 0. The van der Waals surface area contributed by atoms with Crippen molar-refractivity contribution in [3.8, 4) is 0 Å². The van der Waals surface area contributed by atoms with Gasteiger partial charge in [-0.1, -0.05) is 30.3 Å². The van der Waals surface area contributed by atoms with E-state index in [4.69, 9.17) is 16.3 Å². The second-order valence-corrected chi connectivity index (χ2v) is 8.99. The predicted octanol–water partition coefficient (Wildman–Crippen LogP) is 5.78. The third-order valence-corrected chi connectivity index (χ3v) is 6.91. The number of carbonyl (C=O) groups excluding carboxylic acids is 1. The summed E-state index contributed by atoms with van der Waals surface area (Å²) in [6.07, 6.45) is 3.44. The number of halogens is 1. The van der Waals surface area contributed by atoms with Crippen LogP contribution in [-0.4, -0.2) is 28.0 Å². The molecule has 0 aliphatic carbocycles. The summed E-state index contributed by atoms with van der Waals surface area (Å²) >= 11 is 7.59. The van der Waals surface area contributed by atoms with E-state index in [0.29, 0.717) is 17.0 Å². The highest BCUT2D eigenvalue weighted by atomic mass is 35.5. The molecular formula is C22H24ClN3O2S. The number of esters is 1. The van der Waals surface area contributed by atoms with Gasteiger partial charge in [-0.05, 0) is 62.8 Å². The zero-order valence-corrected chi connectivity index (χ0v) is 18.4. The molecule has 1 saturated heterocycles. The van der Waals surface area contributed by atoms with Crippen LogP contribution in [0.2, 0.25) is 5.28 Å². The van der Waals surface area contributed by atoms with Crippen molar-refractivity contribution >= 4 is 44.9 Å². The van der Waals surface area contributed by atoms with Crippen LogP contribution in [0.1, 0.15) is 53.9 Å². The van der Waals surface area contributed by atoms with Crippen molar-refractivity contribution < 1.29 is 9.53 Å². The van der Waals surface area contributed by atoms with E-state index < -0.39 is 0 Å². The highest BCUT2D eigenvalue weighted by Gasteiger charge is 2.30. The number of carbonyl (C=O) groups is 1. The minimum atomic E-state index is -0.337. The predicted molar refractivity (Wildman–Crippen MR) is 118 cm³/mol. The van der Waals surface area contributed by atoms with Crippen LogP contribution in [0.4, 0.5) is 5.82 Å². The normalized spacial score (nSPS) is 19.5. The molecule has 2 atom stereocenters. The average molecular weight is 430 g/mol. The lowest BCUT2D eigenvalue weighted by Gasteiger charge is -2.40. The van der Waals surface area contributed by atoms with E-state index in [0.717, 1.165) is 40.0 Å². The van der Waals surface area contributed by atoms with Gasteiger partial charge >= 0.3 is 5.97 Å². The highest BCUT2D eigenvalue weighted by Crippen LogP contribution is 2.39. The first-order valence-corrected chi connectivity index (χ1v) is 11.1. The quantitative estimate of drug-likeness (QED) is 0.388. The first kappa shape index (κ1) is 20.1. The molecule has 0 N–H and O–H groups in total. The van der Waals surface area contributed by atoms with Crippen molar-refractivity contribution in [3.63, 3.8) is 0 Å². The Kier molecular flexibility index (Phi) is 5.74. The molecule has 0 bridgehead atoms. The maximum Gasteiger partial charge on any atom is 0.349 e. The topological polar surface area (TPSA) is 55.3 Å². The standard InChI is InChI=1S/C22H24ClN3O2S/c1-13-8-7-9-14(2)26(13)19-17-15(3)18(29-20(17)25-22(23)24-19)21(27)28-12-16-10-5-4-6-11-16/h4-6,10-11,13-14H,7-9,12H2,1-3H3. The van der Waals surface area contributed by atoms with Crippen LogP contribution in [-0.2, 0) is 11.3 Å². The summed E-state index contributed by atoms with van der Waals surface area (Å²) in [6.45, 7) is 6.62. The molecule has 1 fully saturated rings. The first-order valence-electron chi connectivity index (χ1n) is 9.91. The van der Waals surface area contributed by atoms with Gasteiger partial charge in [-0.3, -0.25) is 0 Å². The van der Waals surface area contributed by atoms with E-state index in [1.165, 1.54) is 17.8 Å². The lowest BCUT2D eigenvalue weighted by atomic mass is 9.97. The van der Waals surface area contributed by atoms with Gasteiger partial charge in [0.05, 0.1) is 5.39 Å². The fourth-order valence-corrected chi connectivity index (χ4v) is 5.39. The average Bonchev–Trinajstić information content (AvgIpc) is 3.03. The second-order valence-electron chi connectivity index (χ2n) is 7.65. The van der Waals surface area contributed by atoms with Crippen molar-refractivity contribution in [2.45, 2.75) is 58.7 Å². The summed E-state index contributed by atoms with van der Waals surface area (Å²) < 4.78 is 5.56. The summed E-state index contributed by atoms with van der Waals surface area (Å²) in [6, 6.07) is 10.4. The third-order valence-electron chi connectivity index (χ3n) is 5.58. The number of nitrogens with zero attached hydrogens (tertiary/aromatic N) is 3. The Labute approximate surface area is 179 Å². The summed E-state index contributed by atoms with van der Waals surface area (Å²) in [5, 5.41) is 1.12. The van der Waals surface area contributed by atoms with Gasteiger partial charge in [0.1, 0.15) is 22.1 Å². The Hall–Kier alpha value is -2.18. The fourth-order valence-electron chi connectivity index (χ4n) is 4.10. The summed E-state index contributed by atoms with van der Waals surface area (Å²) in [4.78, 5) is 25.4. The van der Waals surface area contributed by atoms with Crippen molar-refractivity contribution in [2.75, 3.05) is 4.90 Å². The lowest BCUT2D eigenvalue weighted by Crippen LogP contribution is -2.44. The Bertz CT molecular complexity index is 1030. The number of hydrogen-bond donors (Lipinski definition) is 0. The maximum atomic E-state index is 12.8. The molecule has 4 rings (SSSR count). The molecule has 3 aromatic rings. The van der Waals surface area contributed by atoms with Crippen LogP contribution in [0.5, 0.6) is 0 Å². The maximum absolute atomic E-state index is 12.8. The molecule has 7 heteroatoms. The zero-order valence-electron chi connectivity index (χ0n) is 16.8. The number of piperidine rings is 1. The molecule has 0 spiro atoms. The molecule has 5 nitrogen and oxygen atoms in total. The van der Waals surface area contributed by atoms with E-state index in [2.05, 4.69) is 28.7 Å². The molecule has 1 aromatic carbocycles. The monoisotopic (exact) mass is 429 g/mol. The van der Waals surface area contributed by atoms with Crippen LogP contribution < -0.4 is 4.90 Å². The van der Waals surface area contributed by atoms with E-state index in [1.54, 1.807) is 0 Å². The number of hydrogen-bond acceptors (Lipinski definition) is 6. The van der Waals surface area contributed by atoms with Gasteiger partial charge in [-0.25, -0.2) is 9.78 Å². The number of rotatable bonds is 4. The van der Waals surface area contributed by atoms with E-state index in [9.17, 15) is 4.79 Å². The van der Waals surface area contributed by atoms with Crippen LogP contribution >= 0.6 is 22.9 Å². The molecule has 2 unspecified atom stereocenters. The van der Waals surface area contributed by atoms with Gasteiger partial charge in [-0.15, -0.1) is 11.3 Å². The van der Waals surface area contributed by atoms with E-state index in [1.807, 2.05) is 37.3 Å². The van der Waals surface area contributed by atoms with E-state index >= 15 is 0 Å². The van der Waals surface area contributed by atoms with Gasteiger partial charge in [0.2, 0.25) is 5.28 Å². The zero-order chi connectivity index (χ0) is 20.5. The van der Waals surface area contributed by atoms with Crippen LogP contribution in [0.3, 0.4) is 0 Å². The lowest BCUT2D eigenvalue weighted by molar-refractivity contribution is 0.0478. The first-order chi connectivity index (χ1) is 14.0. The van der Waals surface area contributed by atoms with Gasteiger partial charge < -0.3 is 9.64 Å². The minimum Gasteiger partial charge on any atom is -0.457 e. The van der Waals surface area contributed by atoms with Crippen molar-refractivity contribution in [2.24, 2.45) is 0 Å². The Morgan fingerprint density at radius 1 is 1.21 bits per heavy atom. The minimum absolute atomic E-state index is 0.211. The number of ether oxygens (including phenoxy) is 1. The van der Waals surface area contributed by atoms with Gasteiger partial charge in [0.25, 0.3) is 0 Å². The Balaban J connectivity index is 1.70. The largest absolute Gasteiger partial charge is 0.457 e. The van der Waals surface area contributed by atoms with Crippen molar-refractivity contribution in [1.29, 1.82) is 0 Å². The highest BCUT2D eigenvalue weighted by molar-refractivity contribution is 7.20. The molecule has 1 aliphatic rings. The van der Waals surface area contributed by atoms with Crippen molar-refractivity contribution in [3.05, 3.63) is 51.6 Å². The van der Waals surface area contributed by atoms with E-state index in [-0.39, 0.29) is 17.9 Å². The number of thiophene rings is 1. The number of benzene rings is 1. The molecule has 1 aliphatic heterocycles. The molecular weight excluding hydrogens is 406 g/mol. The molecule has 0 radical (unpaired) electrons. The molecule has 29 heavy (non-hydrogen) atoms. The second kappa shape index (κ2) is 8.28. The molecule has 0 saturated carbocycles. The molecule has 0 amide bonds. The molecule has 3 heterocycles. The van der Waals surface area contributed by atoms with Crippen molar-refractivity contribution in [1.82, 2.24) is 9.97 Å². The third kappa shape index (κ3) is 3.96. The van der Waals surface area contributed by atoms with Crippen LogP contribution in [0, 0.1) is 6.92 Å². The summed E-state index contributed by atoms with van der Waals surface area (Å²) in [5.41, 5.74) is 1.82. The smallest absolute Gasteiger partial charge is 0.349 e. The SMILES string of the molecule is Cc1c(C(=O)OCc2ccccc2)sc2nc(Cl)nc(N3C(C)CCCC3C)c12. The molecule has 2 aromatic heterocycles. The van der Waals surface area contributed by atoms with Crippen LogP contribution in [0.25, 0.3) is 10.2 Å². The Morgan fingerprint density at radius 2 is 1.90 bits per heavy atom. The number of fused-ring (bicyclic) bond motifs is 1. The Morgan fingerprint density at radius 3 is 2.59 bits per heavy atom. The van der Waals surface area contributed by atoms with Gasteiger partial charge in [-0.2, -0.15) is 4.98 Å². The summed E-state index contributed by atoms with van der Waals surface area (Å²) in [5.74, 6) is 0.492. The number of anilines is 1. The van der Waals surface area contributed by atoms with Gasteiger partial charge in [0.15, 0.2) is 0 Å². The molecule has 152 valence electrons. The van der Waals surface area contributed by atoms with Gasteiger partial charge in [0, 0.05) is 12.1 Å².